The molecule has 0 aliphatic carbocycles. The first-order chi connectivity index (χ1) is 20.4. The maximum Gasteiger partial charge on any atom is 0.348 e. The van der Waals surface area contributed by atoms with Crippen LogP contribution in [0, 0.1) is 13.8 Å². The number of carbonyl (C=O) groups is 2. The van der Waals surface area contributed by atoms with E-state index in [-0.39, 0.29) is 25.1 Å². The lowest BCUT2D eigenvalue weighted by Crippen LogP contribution is -2.52. The molecule has 0 saturated heterocycles. The number of amides is 1. The highest BCUT2D eigenvalue weighted by Crippen LogP contribution is 2.39. The number of hydrogen-bond acceptors (Lipinski definition) is 6. The Morgan fingerprint density at radius 2 is 1.38 bits per heavy atom. The Morgan fingerprint density at radius 1 is 0.810 bits per heavy atom. The summed E-state index contributed by atoms with van der Waals surface area (Å²) >= 11 is 0. The molecule has 0 radical (unpaired) electrons. The third-order valence-corrected chi connectivity index (χ3v) is 6.94. The molecule has 0 spiro atoms. The smallest absolute Gasteiger partial charge is 0.348 e. The van der Waals surface area contributed by atoms with Crippen molar-refractivity contribution < 1.29 is 24.2 Å². The second-order valence-electron chi connectivity index (χ2n) is 9.87. The molecule has 5 rings (SSSR count). The highest BCUT2D eigenvalue weighted by atomic mass is 16.6. The van der Waals surface area contributed by atoms with Gasteiger partial charge in [-0.2, -0.15) is 0 Å². The largest absolute Gasteiger partial charge is 0.478 e. The van der Waals surface area contributed by atoms with Gasteiger partial charge in [0.15, 0.2) is 5.60 Å². The van der Waals surface area contributed by atoms with Gasteiger partial charge in [0.05, 0.1) is 6.61 Å². The molecule has 1 atom stereocenters. The normalized spacial score (nSPS) is 12.0. The molecule has 0 aliphatic heterocycles. The lowest BCUT2D eigenvalue weighted by molar-refractivity contribution is -0.164. The standard InChI is InChI=1S/C34H31N3O5/c1-23-22-24(2)37-33(36-23)42-30(32(39)40)34(26-14-5-3-6-15-26,27-16-7-4-8-17-27)41-21-20-35-31(38)29-19-11-13-25-12-9-10-18-28(25)29/h3-19,22,30H,20-21H2,1-2H3,(H,35,38)(H,39,40). The molecule has 4 aromatic carbocycles. The zero-order valence-electron chi connectivity index (χ0n) is 23.4. The second kappa shape index (κ2) is 12.6. The highest BCUT2D eigenvalue weighted by Gasteiger charge is 2.50. The van der Waals surface area contributed by atoms with E-state index >= 15 is 0 Å². The van der Waals surface area contributed by atoms with Crippen molar-refractivity contribution in [2.45, 2.75) is 25.6 Å². The van der Waals surface area contributed by atoms with Gasteiger partial charge in [-0.15, -0.1) is 0 Å². The van der Waals surface area contributed by atoms with Crippen LogP contribution in [0.25, 0.3) is 10.8 Å². The van der Waals surface area contributed by atoms with E-state index in [2.05, 4.69) is 15.3 Å². The molecule has 8 heteroatoms. The lowest BCUT2D eigenvalue weighted by atomic mass is 9.81. The van der Waals surface area contributed by atoms with Crippen LogP contribution in [0.15, 0.2) is 109 Å². The average molecular weight is 562 g/mol. The minimum absolute atomic E-state index is 0.0128. The van der Waals surface area contributed by atoms with E-state index in [0.29, 0.717) is 28.1 Å². The molecule has 1 heterocycles. The molecular formula is C34H31N3O5. The molecule has 0 saturated carbocycles. The predicted octanol–water partition coefficient (Wildman–Crippen LogP) is 5.47. The minimum Gasteiger partial charge on any atom is -0.478 e. The first-order valence-electron chi connectivity index (χ1n) is 13.6. The van der Waals surface area contributed by atoms with E-state index in [1.165, 1.54) is 0 Å². The summed E-state index contributed by atoms with van der Waals surface area (Å²) < 4.78 is 12.6. The molecular weight excluding hydrogens is 530 g/mol. The van der Waals surface area contributed by atoms with Crippen LogP contribution in [-0.2, 0) is 15.1 Å². The van der Waals surface area contributed by atoms with Crippen LogP contribution in [-0.4, -0.2) is 46.2 Å². The fraction of sp³-hybridized carbons (Fsp3) is 0.176. The van der Waals surface area contributed by atoms with Crippen LogP contribution in [0.4, 0.5) is 0 Å². The van der Waals surface area contributed by atoms with Crippen LogP contribution in [0.1, 0.15) is 32.9 Å². The maximum atomic E-state index is 13.2. The van der Waals surface area contributed by atoms with Crippen molar-refractivity contribution in [1.29, 1.82) is 0 Å². The van der Waals surface area contributed by atoms with Gasteiger partial charge in [0.2, 0.25) is 6.10 Å². The zero-order valence-corrected chi connectivity index (χ0v) is 23.4. The summed E-state index contributed by atoms with van der Waals surface area (Å²) in [5.74, 6) is -1.51. The number of nitrogens with zero attached hydrogens (tertiary/aromatic N) is 2. The highest BCUT2D eigenvalue weighted by molar-refractivity contribution is 6.07. The van der Waals surface area contributed by atoms with Gasteiger partial charge < -0.3 is 19.9 Å². The van der Waals surface area contributed by atoms with Crippen LogP contribution in [0.5, 0.6) is 6.01 Å². The number of ether oxygens (including phenoxy) is 2. The number of fused-ring (bicyclic) bond motifs is 1. The van der Waals surface area contributed by atoms with Gasteiger partial charge in [-0.25, -0.2) is 14.8 Å². The van der Waals surface area contributed by atoms with Crippen molar-refractivity contribution in [3.05, 3.63) is 137 Å². The van der Waals surface area contributed by atoms with Crippen molar-refractivity contribution in [2.75, 3.05) is 13.2 Å². The Hall–Kier alpha value is -5.08. The molecule has 42 heavy (non-hydrogen) atoms. The lowest BCUT2D eigenvalue weighted by Gasteiger charge is -2.39. The number of nitrogens with one attached hydrogen (secondary N) is 1. The van der Waals surface area contributed by atoms with Gasteiger partial charge in [-0.1, -0.05) is 97.1 Å². The molecule has 212 valence electrons. The summed E-state index contributed by atoms with van der Waals surface area (Å²) in [5, 5.41) is 15.3. The molecule has 5 aromatic rings. The van der Waals surface area contributed by atoms with Crippen LogP contribution in [0.3, 0.4) is 0 Å². The second-order valence-corrected chi connectivity index (χ2v) is 9.87. The van der Waals surface area contributed by atoms with Crippen molar-refractivity contribution >= 4 is 22.6 Å². The molecule has 0 bridgehead atoms. The number of carbonyl (C=O) groups excluding carboxylic acids is 1. The Morgan fingerprint density at radius 3 is 2.00 bits per heavy atom. The molecule has 1 unspecified atom stereocenters. The monoisotopic (exact) mass is 561 g/mol. The Labute approximate surface area is 244 Å². The van der Waals surface area contributed by atoms with E-state index in [4.69, 9.17) is 9.47 Å². The zero-order chi connectivity index (χ0) is 29.5. The number of aromatic nitrogens is 2. The van der Waals surface area contributed by atoms with Gasteiger partial charge in [-0.05, 0) is 47.9 Å². The molecule has 0 fully saturated rings. The summed E-state index contributed by atoms with van der Waals surface area (Å²) in [6.45, 7) is 3.68. The van der Waals surface area contributed by atoms with Crippen molar-refractivity contribution in [3.8, 4) is 6.01 Å². The summed E-state index contributed by atoms with van der Waals surface area (Å²) in [6, 6.07) is 33.1. The first kappa shape index (κ1) is 28.4. The van der Waals surface area contributed by atoms with Gasteiger partial charge in [-0.3, -0.25) is 4.79 Å². The van der Waals surface area contributed by atoms with Gasteiger partial charge >= 0.3 is 12.0 Å². The Kier molecular flexibility index (Phi) is 8.55. The van der Waals surface area contributed by atoms with E-state index < -0.39 is 17.7 Å². The van der Waals surface area contributed by atoms with Crippen molar-refractivity contribution in [3.63, 3.8) is 0 Å². The molecule has 1 aromatic heterocycles. The third kappa shape index (κ3) is 5.99. The van der Waals surface area contributed by atoms with E-state index in [9.17, 15) is 14.7 Å². The van der Waals surface area contributed by atoms with Crippen molar-refractivity contribution in [1.82, 2.24) is 15.3 Å². The summed E-state index contributed by atoms with van der Waals surface area (Å²) in [4.78, 5) is 34.8. The number of carboxylic acid groups (broad SMARTS) is 1. The number of hydrogen-bond donors (Lipinski definition) is 2. The minimum atomic E-state index is -1.61. The number of rotatable bonds is 11. The Bertz CT molecular complexity index is 1630. The van der Waals surface area contributed by atoms with Crippen LogP contribution >= 0.6 is 0 Å². The molecule has 1 amide bonds. The number of aryl methyl sites for hydroxylation is 2. The number of benzene rings is 4. The van der Waals surface area contributed by atoms with E-state index in [1.807, 2.05) is 72.8 Å². The summed E-state index contributed by atoms with van der Waals surface area (Å²) in [7, 11) is 0. The maximum absolute atomic E-state index is 13.2. The third-order valence-electron chi connectivity index (χ3n) is 6.94. The van der Waals surface area contributed by atoms with Crippen molar-refractivity contribution in [2.24, 2.45) is 0 Å². The van der Waals surface area contributed by atoms with E-state index in [0.717, 1.165) is 10.8 Å². The average Bonchev–Trinajstić information content (AvgIpc) is 3.00. The Balaban J connectivity index is 1.49. The number of aliphatic carboxylic acids is 1. The summed E-state index contributed by atoms with van der Waals surface area (Å²) in [5.41, 5.74) is 1.35. The molecule has 0 aliphatic rings. The van der Waals surface area contributed by atoms with Gasteiger partial charge in [0.1, 0.15) is 0 Å². The van der Waals surface area contributed by atoms with Crippen LogP contribution < -0.4 is 10.1 Å². The fourth-order valence-corrected chi connectivity index (χ4v) is 5.14. The van der Waals surface area contributed by atoms with E-state index in [1.54, 1.807) is 50.2 Å². The van der Waals surface area contributed by atoms with Crippen LogP contribution in [0.2, 0.25) is 0 Å². The fourth-order valence-electron chi connectivity index (χ4n) is 5.14. The number of carboxylic acids is 1. The quantitative estimate of drug-likeness (QED) is 0.206. The topological polar surface area (TPSA) is 111 Å². The SMILES string of the molecule is Cc1cc(C)nc(OC(C(=O)O)C(OCCNC(=O)c2cccc3ccccc23)(c2ccccc2)c2ccccc2)n1. The van der Waals surface area contributed by atoms with Gasteiger partial charge in [0, 0.05) is 23.5 Å². The van der Waals surface area contributed by atoms with Gasteiger partial charge in [0.25, 0.3) is 5.91 Å². The predicted molar refractivity (Wildman–Crippen MR) is 159 cm³/mol. The first-order valence-corrected chi connectivity index (χ1v) is 13.6. The summed E-state index contributed by atoms with van der Waals surface area (Å²) in [6.07, 6.45) is -1.57. The molecule has 2 N–H and O–H groups in total. The molecule has 8 nitrogen and oxygen atoms in total.